The van der Waals surface area contributed by atoms with E-state index in [0.29, 0.717) is 18.1 Å². The van der Waals surface area contributed by atoms with Crippen molar-refractivity contribution in [3.8, 4) is 0 Å². The van der Waals surface area contributed by atoms with Crippen LogP contribution in [0.4, 0.5) is 0 Å². The molecule has 0 aromatic heterocycles. The molecule has 0 spiro atoms. The molecule has 0 aromatic rings. The summed E-state index contributed by atoms with van der Waals surface area (Å²) in [5, 5.41) is 0. The van der Waals surface area contributed by atoms with Gasteiger partial charge in [-0.15, -0.1) is 0 Å². The lowest BCUT2D eigenvalue weighted by atomic mass is 9.91. The van der Waals surface area contributed by atoms with Gasteiger partial charge in [-0.05, 0) is 25.2 Å². The highest BCUT2D eigenvalue weighted by molar-refractivity contribution is 4.77. The first-order valence-electron chi connectivity index (χ1n) is 5.11. The first-order valence-corrected chi connectivity index (χ1v) is 5.11. The summed E-state index contributed by atoms with van der Waals surface area (Å²) < 4.78 is 5.68. The van der Waals surface area contributed by atoms with E-state index in [0.717, 1.165) is 19.4 Å². The number of hydrogen-bond acceptors (Lipinski definition) is 2. The third kappa shape index (κ3) is 2.76. The van der Waals surface area contributed by atoms with Gasteiger partial charge in [-0.25, -0.2) is 0 Å². The first-order chi connectivity index (χ1) is 5.74. The maximum Gasteiger partial charge on any atom is 0.0615 e. The molecular formula is C10H21NO. The van der Waals surface area contributed by atoms with E-state index in [2.05, 4.69) is 13.8 Å². The fraction of sp³-hybridized carbons (Fsp3) is 1.00. The molecule has 3 unspecified atom stereocenters. The normalized spacial score (nSPS) is 33.2. The highest BCUT2D eigenvalue weighted by Crippen LogP contribution is 2.22. The molecular weight excluding hydrogens is 150 g/mol. The predicted molar refractivity (Wildman–Crippen MR) is 51.0 cm³/mol. The molecule has 72 valence electrons. The van der Waals surface area contributed by atoms with Crippen LogP contribution in [-0.2, 0) is 4.74 Å². The van der Waals surface area contributed by atoms with Crippen LogP contribution in [0, 0.1) is 5.92 Å². The van der Waals surface area contributed by atoms with Crippen molar-refractivity contribution in [2.24, 2.45) is 11.7 Å². The van der Waals surface area contributed by atoms with Gasteiger partial charge in [0.2, 0.25) is 0 Å². The Balaban J connectivity index is 2.29. The van der Waals surface area contributed by atoms with Gasteiger partial charge in [0, 0.05) is 12.6 Å². The van der Waals surface area contributed by atoms with E-state index < -0.39 is 0 Å². The molecule has 1 saturated heterocycles. The smallest absolute Gasteiger partial charge is 0.0615 e. The zero-order valence-corrected chi connectivity index (χ0v) is 8.25. The van der Waals surface area contributed by atoms with Crippen LogP contribution < -0.4 is 5.73 Å². The van der Waals surface area contributed by atoms with Crippen LogP contribution in [0.25, 0.3) is 0 Å². The van der Waals surface area contributed by atoms with E-state index >= 15 is 0 Å². The van der Waals surface area contributed by atoms with Crippen LogP contribution >= 0.6 is 0 Å². The summed E-state index contributed by atoms with van der Waals surface area (Å²) in [6.45, 7) is 5.35. The van der Waals surface area contributed by atoms with E-state index in [1.54, 1.807) is 0 Å². The van der Waals surface area contributed by atoms with Crippen LogP contribution in [0.5, 0.6) is 0 Å². The molecule has 1 rings (SSSR count). The number of ether oxygens (including phenoxy) is 1. The van der Waals surface area contributed by atoms with Crippen molar-refractivity contribution in [3.63, 3.8) is 0 Å². The van der Waals surface area contributed by atoms with Gasteiger partial charge in [-0.1, -0.05) is 20.3 Å². The second-order valence-corrected chi connectivity index (χ2v) is 3.96. The second kappa shape index (κ2) is 4.83. The molecule has 0 aromatic carbocycles. The third-order valence-corrected chi connectivity index (χ3v) is 2.73. The van der Waals surface area contributed by atoms with Crippen molar-refractivity contribution in [2.45, 2.75) is 51.7 Å². The van der Waals surface area contributed by atoms with Crippen molar-refractivity contribution >= 4 is 0 Å². The summed E-state index contributed by atoms with van der Waals surface area (Å²) in [5.74, 6) is 0.682. The molecule has 2 nitrogen and oxygen atoms in total. The quantitative estimate of drug-likeness (QED) is 0.704. The number of rotatable bonds is 3. The summed E-state index contributed by atoms with van der Waals surface area (Å²) in [4.78, 5) is 0. The standard InChI is InChI=1S/C10H21NO/c1-3-4-8(2)10-7-9(11)5-6-12-10/h8-10H,3-7,11H2,1-2H3. The molecule has 0 radical (unpaired) electrons. The Morgan fingerprint density at radius 1 is 1.58 bits per heavy atom. The molecule has 0 saturated carbocycles. The largest absolute Gasteiger partial charge is 0.378 e. The lowest BCUT2D eigenvalue weighted by Crippen LogP contribution is -2.37. The molecule has 1 fully saturated rings. The fourth-order valence-corrected chi connectivity index (χ4v) is 1.89. The first kappa shape index (κ1) is 10.0. The molecule has 0 bridgehead atoms. The highest BCUT2D eigenvalue weighted by Gasteiger charge is 2.23. The molecule has 1 heterocycles. The summed E-state index contributed by atoms with van der Waals surface area (Å²) in [5.41, 5.74) is 5.88. The summed E-state index contributed by atoms with van der Waals surface area (Å²) in [6, 6.07) is 0.378. The predicted octanol–water partition coefficient (Wildman–Crippen LogP) is 1.93. The van der Waals surface area contributed by atoms with Gasteiger partial charge < -0.3 is 10.5 Å². The molecule has 3 atom stereocenters. The minimum atomic E-state index is 0.378. The van der Waals surface area contributed by atoms with Crippen LogP contribution in [0.3, 0.4) is 0 Å². The van der Waals surface area contributed by atoms with Crippen LogP contribution in [0.2, 0.25) is 0 Å². The van der Waals surface area contributed by atoms with Gasteiger partial charge in [-0.3, -0.25) is 0 Å². The van der Waals surface area contributed by atoms with E-state index in [9.17, 15) is 0 Å². The topological polar surface area (TPSA) is 35.2 Å². The summed E-state index contributed by atoms with van der Waals surface area (Å²) in [7, 11) is 0. The maximum absolute atomic E-state index is 5.88. The molecule has 2 N–H and O–H groups in total. The van der Waals surface area contributed by atoms with Crippen molar-refractivity contribution in [1.29, 1.82) is 0 Å². The Morgan fingerprint density at radius 3 is 2.92 bits per heavy atom. The lowest BCUT2D eigenvalue weighted by molar-refractivity contribution is -0.0253. The molecule has 1 aliphatic heterocycles. The van der Waals surface area contributed by atoms with E-state index in [1.807, 2.05) is 0 Å². The number of nitrogens with two attached hydrogens (primary N) is 1. The Morgan fingerprint density at radius 2 is 2.33 bits per heavy atom. The Bertz CT molecular complexity index is 127. The summed E-state index contributed by atoms with van der Waals surface area (Å²) in [6.07, 6.45) is 5.03. The SMILES string of the molecule is CCCC(C)C1CC(N)CCO1. The van der Waals surface area contributed by atoms with Crippen molar-refractivity contribution in [3.05, 3.63) is 0 Å². The monoisotopic (exact) mass is 171 g/mol. The van der Waals surface area contributed by atoms with Gasteiger partial charge in [0.1, 0.15) is 0 Å². The van der Waals surface area contributed by atoms with Gasteiger partial charge in [0.15, 0.2) is 0 Å². The Labute approximate surface area is 75.5 Å². The molecule has 0 aliphatic carbocycles. The van der Waals surface area contributed by atoms with Crippen molar-refractivity contribution in [2.75, 3.05) is 6.61 Å². The van der Waals surface area contributed by atoms with Gasteiger partial charge in [0.25, 0.3) is 0 Å². The lowest BCUT2D eigenvalue weighted by Gasteiger charge is -2.31. The van der Waals surface area contributed by atoms with Crippen molar-refractivity contribution in [1.82, 2.24) is 0 Å². The van der Waals surface area contributed by atoms with Gasteiger partial charge >= 0.3 is 0 Å². The van der Waals surface area contributed by atoms with Gasteiger partial charge in [-0.2, -0.15) is 0 Å². The zero-order valence-electron chi connectivity index (χ0n) is 8.25. The Hall–Kier alpha value is -0.0800. The molecule has 12 heavy (non-hydrogen) atoms. The molecule has 2 heteroatoms. The average Bonchev–Trinajstić information content (AvgIpc) is 2.05. The molecule has 0 amide bonds. The molecule has 1 aliphatic rings. The van der Waals surface area contributed by atoms with E-state index in [4.69, 9.17) is 10.5 Å². The zero-order chi connectivity index (χ0) is 8.97. The second-order valence-electron chi connectivity index (χ2n) is 3.96. The maximum atomic E-state index is 5.88. The van der Waals surface area contributed by atoms with Crippen LogP contribution in [0.15, 0.2) is 0 Å². The Kier molecular flexibility index (Phi) is 4.02. The van der Waals surface area contributed by atoms with Crippen molar-refractivity contribution < 1.29 is 4.74 Å². The highest BCUT2D eigenvalue weighted by atomic mass is 16.5. The minimum Gasteiger partial charge on any atom is -0.378 e. The van der Waals surface area contributed by atoms with Gasteiger partial charge in [0.05, 0.1) is 6.10 Å². The number of hydrogen-bond donors (Lipinski definition) is 1. The van der Waals surface area contributed by atoms with Crippen LogP contribution in [0.1, 0.15) is 39.5 Å². The van der Waals surface area contributed by atoms with Crippen LogP contribution in [-0.4, -0.2) is 18.8 Å². The average molecular weight is 171 g/mol. The third-order valence-electron chi connectivity index (χ3n) is 2.73. The van der Waals surface area contributed by atoms with E-state index in [-0.39, 0.29) is 0 Å². The summed E-state index contributed by atoms with van der Waals surface area (Å²) >= 11 is 0. The minimum absolute atomic E-state index is 0.378. The fourth-order valence-electron chi connectivity index (χ4n) is 1.89. The van der Waals surface area contributed by atoms with E-state index in [1.165, 1.54) is 12.8 Å².